The van der Waals surface area contributed by atoms with E-state index in [4.69, 9.17) is 14.6 Å². The van der Waals surface area contributed by atoms with E-state index < -0.39 is 12.0 Å². The molecule has 1 aliphatic heterocycles. The lowest BCUT2D eigenvalue weighted by Crippen LogP contribution is -2.39. The Morgan fingerprint density at radius 1 is 1.35 bits per heavy atom. The zero-order valence-electron chi connectivity index (χ0n) is 11.1. The second-order valence-electron chi connectivity index (χ2n) is 4.31. The van der Waals surface area contributed by atoms with Crippen LogP contribution in [0.3, 0.4) is 0 Å². The van der Waals surface area contributed by atoms with Crippen LogP contribution < -0.4 is 14.8 Å². The Hall–Kier alpha value is -2.44. The van der Waals surface area contributed by atoms with Gasteiger partial charge in [0.05, 0.1) is 0 Å². The molecule has 2 N–H and O–H groups in total. The third kappa shape index (κ3) is 3.31. The van der Waals surface area contributed by atoms with Crippen LogP contribution in [0, 0.1) is 0 Å². The number of rotatable bonds is 5. The number of nitrogens with one attached hydrogen (secondary N) is 1. The Balaban J connectivity index is 2.03. The number of amides is 2. The molecule has 1 aromatic rings. The number of carboxylic acid groups (broad SMARTS) is 1. The number of nitrogens with zero attached hydrogens (tertiary/aromatic N) is 1. The van der Waals surface area contributed by atoms with Gasteiger partial charge in [-0.3, -0.25) is 4.79 Å². The van der Waals surface area contributed by atoms with E-state index in [1.165, 1.54) is 4.90 Å². The number of anilines is 1. The summed E-state index contributed by atoms with van der Waals surface area (Å²) < 4.78 is 10.4. The van der Waals surface area contributed by atoms with Crippen LogP contribution in [0.15, 0.2) is 18.2 Å². The van der Waals surface area contributed by atoms with Crippen molar-refractivity contribution >= 4 is 17.7 Å². The predicted octanol–water partition coefficient (Wildman–Crippen LogP) is 1.74. The zero-order valence-corrected chi connectivity index (χ0v) is 11.1. The zero-order chi connectivity index (χ0) is 14.5. The fourth-order valence-corrected chi connectivity index (χ4v) is 1.86. The molecular formula is C13H16N2O5. The first-order valence-electron chi connectivity index (χ1n) is 6.27. The highest BCUT2D eigenvalue weighted by Gasteiger charge is 2.18. The number of hydrogen-bond donors (Lipinski definition) is 2. The van der Waals surface area contributed by atoms with Gasteiger partial charge in [-0.15, -0.1) is 0 Å². The Bertz CT molecular complexity index is 517. The van der Waals surface area contributed by atoms with Crippen molar-refractivity contribution in [2.75, 3.05) is 25.2 Å². The average molecular weight is 280 g/mol. The van der Waals surface area contributed by atoms with E-state index >= 15 is 0 Å². The maximum Gasteiger partial charge on any atom is 0.323 e. The van der Waals surface area contributed by atoms with Crippen LogP contribution in [-0.2, 0) is 4.79 Å². The van der Waals surface area contributed by atoms with Crippen molar-refractivity contribution in [3.8, 4) is 11.5 Å². The number of aliphatic carboxylic acids is 1. The summed E-state index contributed by atoms with van der Waals surface area (Å²) in [6.07, 6.45) is 0.682. The second kappa shape index (κ2) is 6.14. The van der Waals surface area contributed by atoms with Crippen LogP contribution in [0.4, 0.5) is 10.5 Å². The lowest BCUT2D eigenvalue weighted by atomic mass is 10.3. The molecule has 0 aromatic heterocycles. The maximum atomic E-state index is 12.0. The van der Waals surface area contributed by atoms with E-state index in [9.17, 15) is 9.59 Å². The number of carbonyl (C=O) groups is 2. The summed E-state index contributed by atoms with van der Waals surface area (Å²) in [6, 6.07) is 4.56. The number of ether oxygens (including phenoxy) is 2. The van der Waals surface area contributed by atoms with Crippen LogP contribution in [0.1, 0.15) is 13.3 Å². The minimum atomic E-state index is -1.04. The first-order valence-corrected chi connectivity index (χ1v) is 6.27. The molecule has 0 radical (unpaired) electrons. The van der Waals surface area contributed by atoms with E-state index in [0.29, 0.717) is 30.2 Å². The Labute approximate surface area is 116 Å². The number of carbonyl (C=O) groups excluding carboxylic acids is 1. The lowest BCUT2D eigenvalue weighted by molar-refractivity contribution is -0.137. The van der Waals surface area contributed by atoms with Crippen molar-refractivity contribution in [2.45, 2.75) is 13.3 Å². The van der Waals surface area contributed by atoms with Crippen LogP contribution in [-0.4, -0.2) is 41.9 Å². The van der Waals surface area contributed by atoms with Crippen molar-refractivity contribution in [3.05, 3.63) is 18.2 Å². The van der Waals surface area contributed by atoms with Gasteiger partial charge in [0.15, 0.2) is 11.5 Å². The SMILES string of the molecule is CCCN(CC(=O)O)C(=O)Nc1ccc2c(c1)OCO2. The van der Waals surface area contributed by atoms with Gasteiger partial charge in [-0.1, -0.05) is 6.92 Å². The number of fused-ring (bicyclic) bond motifs is 1. The van der Waals surface area contributed by atoms with Gasteiger partial charge in [0, 0.05) is 18.3 Å². The van der Waals surface area contributed by atoms with Gasteiger partial charge >= 0.3 is 12.0 Å². The monoisotopic (exact) mass is 280 g/mol. The molecule has 0 atom stereocenters. The highest BCUT2D eigenvalue weighted by atomic mass is 16.7. The molecular weight excluding hydrogens is 264 g/mol. The van der Waals surface area contributed by atoms with E-state index in [-0.39, 0.29) is 13.3 Å². The van der Waals surface area contributed by atoms with Crippen molar-refractivity contribution in [1.29, 1.82) is 0 Å². The molecule has 0 saturated heterocycles. The molecule has 20 heavy (non-hydrogen) atoms. The standard InChI is InChI=1S/C13H16N2O5/c1-2-5-15(7-12(16)17)13(18)14-9-3-4-10-11(6-9)20-8-19-10/h3-4,6H,2,5,7-8H2,1H3,(H,14,18)(H,16,17). The van der Waals surface area contributed by atoms with Gasteiger partial charge in [0.25, 0.3) is 0 Å². The van der Waals surface area contributed by atoms with Crippen molar-refractivity contribution < 1.29 is 24.2 Å². The molecule has 0 unspecified atom stereocenters. The fourth-order valence-electron chi connectivity index (χ4n) is 1.86. The smallest absolute Gasteiger partial charge is 0.323 e. The fraction of sp³-hybridized carbons (Fsp3) is 0.385. The predicted molar refractivity (Wildman–Crippen MR) is 71.1 cm³/mol. The van der Waals surface area contributed by atoms with E-state index in [1.807, 2.05) is 6.92 Å². The molecule has 0 fully saturated rings. The van der Waals surface area contributed by atoms with Crippen molar-refractivity contribution in [1.82, 2.24) is 4.90 Å². The minimum Gasteiger partial charge on any atom is -0.480 e. The number of carboxylic acids is 1. The normalized spacial score (nSPS) is 12.1. The van der Waals surface area contributed by atoms with Crippen LogP contribution in [0.25, 0.3) is 0 Å². The topological polar surface area (TPSA) is 88.1 Å². The van der Waals surface area contributed by atoms with E-state index in [2.05, 4.69) is 5.32 Å². The summed E-state index contributed by atoms with van der Waals surface area (Å²) in [4.78, 5) is 24.0. The third-order valence-corrected chi connectivity index (χ3v) is 2.73. The maximum absolute atomic E-state index is 12.0. The Kier molecular flexibility index (Phi) is 4.29. The molecule has 7 heteroatoms. The van der Waals surface area contributed by atoms with Gasteiger partial charge < -0.3 is 24.8 Å². The quantitative estimate of drug-likeness (QED) is 0.857. The first-order chi connectivity index (χ1) is 9.60. The molecule has 108 valence electrons. The molecule has 0 bridgehead atoms. The second-order valence-corrected chi connectivity index (χ2v) is 4.31. The summed E-state index contributed by atoms with van der Waals surface area (Å²) in [5.41, 5.74) is 0.533. The summed E-state index contributed by atoms with van der Waals surface area (Å²) >= 11 is 0. The van der Waals surface area contributed by atoms with Gasteiger partial charge in [-0.25, -0.2) is 4.79 Å². The molecule has 0 aliphatic carbocycles. The van der Waals surface area contributed by atoms with Crippen molar-refractivity contribution in [3.63, 3.8) is 0 Å². The van der Waals surface area contributed by atoms with E-state index in [1.54, 1.807) is 18.2 Å². The Morgan fingerprint density at radius 3 is 2.80 bits per heavy atom. The van der Waals surface area contributed by atoms with Crippen LogP contribution in [0.5, 0.6) is 11.5 Å². The summed E-state index contributed by atoms with van der Waals surface area (Å²) in [7, 11) is 0. The Morgan fingerprint density at radius 2 is 2.10 bits per heavy atom. The van der Waals surface area contributed by atoms with Gasteiger partial charge in [-0.05, 0) is 18.6 Å². The molecule has 1 aliphatic rings. The van der Waals surface area contributed by atoms with Gasteiger partial charge in [0.1, 0.15) is 6.54 Å². The lowest BCUT2D eigenvalue weighted by Gasteiger charge is -2.20. The van der Waals surface area contributed by atoms with Crippen LogP contribution >= 0.6 is 0 Å². The van der Waals surface area contributed by atoms with Crippen LogP contribution in [0.2, 0.25) is 0 Å². The summed E-state index contributed by atoms with van der Waals surface area (Å²) in [5, 5.41) is 11.4. The average Bonchev–Trinajstić information content (AvgIpc) is 2.85. The molecule has 2 rings (SSSR count). The highest BCUT2D eigenvalue weighted by molar-refractivity contribution is 5.91. The molecule has 7 nitrogen and oxygen atoms in total. The van der Waals surface area contributed by atoms with E-state index in [0.717, 1.165) is 0 Å². The molecule has 0 spiro atoms. The number of benzene rings is 1. The summed E-state index contributed by atoms with van der Waals surface area (Å²) in [6.45, 7) is 2.09. The van der Waals surface area contributed by atoms with Crippen molar-refractivity contribution in [2.24, 2.45) is 0 Å². The minimum absolute atomic E-state index is 0.160. The first kappa shape index (κ1) is 14.0. The highest BCUT2D eigenvalue weighted by Crippen LogP contribution is 2.34. The van der Waals surface area contributed by atoms with Gasteiger partial charge in [0.2, 0.25) is 6.79 Å². The summed E-state index contributed by atoms with van der Waals surface area (Å²) in [5.74, 6) is 0.140. The molecule has 2 amide bonds. The number of hydrogen-bond acceptors (Lipinski definition) is 4. The number of urea groups is 1. The molecule has 1 aromatic carbocycles. The molecule has 0 saturated carbocycles. The third-order valence-electron chi connectivity index (χ3n) is 2.73. The van der Waals surface area contributed by atoms with Gasteiger partial charge in [-0.2, -0.15) is 0 Å². The molecule has 1 heterocycles. The largest absolute Gasteiger partial charge is 0.480 e.